The van der Waals surface area contributed by atoms with E-state index in [2.05, 4.69) is 10.3 Å². The molecule has 0 bridgehead atoms. The molecule has 5 heteroatoms. The summed E-state index contributed by atoms with van der Waals surface area (Å²) in [6.07, 6.45) is 1.11. The predicted molar refractivity (Wildman–Crippen MR) is 47.2 cm³/mol. The maximum atomic E-state index is 11.4. The molecule has 0 fully saturated rings. The van der Waals surface area contributed by atoms with E-state index in [1.807, 2.05) is 0 Å². The third kappa shape index (κ3) is 1.10. The van der Waals surface area contributed by atoms with Gasteiger partial charge in [-0.15, -0.1) is 9.58 Å². The summed E-state index contributed by atoms with van der Waals surface area (Å²) < 4.78 is 0.669. The summed E-state index contributed by atoms with van der Waals surface area (Å²) >= 11 is 0. The smallest absolute Gasteiger partial charge is 0.266 e. The molecule has 0 aliphatic carbocycles. The first-order valence-corrected chi connectivity index (χ1v) is 3.63. The van der Waals surface area contributed by atoms with Crippen LogP contribution in [0.3, 0.4) is 0 Å². The number of nitroso groups, excluding NO2 is 1. The van der Waals surface area contributed by atoms with Crippen LogP contribution in [0.5, 0.6) is 0 Å². The lowest BCUT2D eigenvalue weighted by Crippen LogP contribution is -2.15. The molecule has 0 atom stereocenters. The zero-order valence-electron chi connectivity index (χ0n) is 6.54. The van der Waals surface area contributed by atoms with Crippen molar-refractivity contribution in [3.63, 3.8) is 0 Å². The number of rotatable bonds is 1. The van der Waals surface area contributed by atoms with Crippen molar-refractivity contribution in [2.45, 2.75) is 0 Å². The van der Waals surface area contributed by atoms with E-state index in [4.69, 9.17) is 0 Å². The highest BCUT2D eigenvalue weighted by molar-refractivity contribution is 5.76. The van der Waals surface area contributed by atoms with Gasteiger partial charge in [-0.3, -0.25) is 4.79 Å². The van der Waals surface area contributed by atoms with Crippen LogP contribution in [-0.4, -0.2) is 9.66 Å². The molecule has 5 nitrogen and oxygen atoms in total. The second-order valence-corrected chi connectivity index (χ2v) is 2.49. The third-order valence-corrected chi connectivity index (χ3v) is 1.74. The molecule has 0 saturated heterocycles. The van der Waals surface area contributed by atoms with Crippen LogP contribution < -0.4 is 5.56 Å². The molecule has 0 saturated carbocycles. The fourth-order valence-electron chi connectivity index (χ4n) is 1.12. The molecule has 0 aliphatic rings. The highest BCUT2D eigenvalue weighted by Gasteiger charge is 2.01. The van der Waals surface area contributed by atoms with E-state index in [0.29, 0.717) is 15.6 Å². The van der Waals surface area contributed by atoms with Gasteiger partial charge in [0, 0.05) is 0 Å². The van der Waals surface area contributed by atoms with Crippen LogP contribution in [0.15, 0.2) is 40.7 Å². The van der Waals surface area contributed by atoms with Gasteiger partial charge >= 0.3 is 0 Å². The minimum Gasteiger partial charge on any atom is -0.266 e. The number of hydrogen-bond acceptors (Lipinski definition) is 4. The lowest BCUT2D eigenvalue weighted by atomic mass is 10.2. The van der Waals surface area contributed by atoms with Gasteiger partial charge in [-0.05, 0) is 12.1 Å². The molecule has 0 radical (unpaired) electrons. The number of fused-ring (bicyclic) bond motifs is 1. The maximum Gasteiger partial charge on any atom is 0.284 e. The van der Waals surface area contributed by atoms with Crippen molar-refractivity contribution < 1.29 is 0 Å². The molecule has 1 aromatic heterocycles. The Balaban J connectivity index is 2.95. The van der Waals surface area contributed by atoms with Crippen LogP contribution in [0.4, 0.5) is 0 Å². The predicted octanol–water partition coefficient (Wildman–Crippen LogP) is 0.926. The highest BCUT2D eigenvalue weighted by atomic mass is 16.3. The Kier molecular flexibility index (Phi) is 1.63. The summed E-state index contributed by atoms with van der Waals surface area (Å²) in [5.41, 5.74) is 0.119. The van der Waals surface area contributed by atoms with Crippen molar-refractivity contribution in [3.05, 3.63) is 45.9 Å². The largest absolute Gasteiger partial charge is 0.284 e. The molecule has 0 aliphatic heterocycles. The van der Waals surface area contributed by atoms with Gasteiger partial charge in [0.2, 0.25) is 0 Å². The zero-order chi connectivity index (χ0) is 9.26. The lowest BCUT2D eigenvalue weighted by molar-refractivity contribution is 0.803. The van der Waals surface area contributed by atoms with Crippen LogP contribution in [-0.2, 0) is 0 Å². The number of hydrogen-bond donors (Lipinski definition) is 0. The number of nitrogens with zero attached hydrogens (tertiary/aromatic N) is 3. The molecular formula is C8H5N3O2. The first-order valence-electron chi connectivity index (χ1n) is 3.63. The van der Waals surface area contributed by atoms with Crippen LogP contribution in [0, 0.1) is 4.91 Å². The molecule has 1 heterocycles. The Morgan fingerprint density at radius 1 is 1.31 bits per heavy atom. The minimum atomic E-state index is -0.444. The Bertz CT molecular complexity index is 518. The van der Waals surface area contributed by atoms with Crippen molar-refractivity contribution in [3.8, 4) is 0 Å². The second-order valence-electron chi connectivity index (χ2n) is 2.49. The SMILES string of the molecule is O=Nn1cnc2ccccc2c1=O. The summed E-state index contributed by atoms with van der Waals surface area (Å²) in [6, 6.07) is 6.78. The van der Waals surface area contributed by atoms with E-state index in [1.54, 1.807) is 24.3 Å². The average Bonchev–Trinajstić information content (AvgIpc) is 2.19. The lowest BCUT2D eigenvalue weighted by Gasteiger charge is -1.95. The molecule has 1 aromatic carbocycles. The Morgan fingerprint density at radius 2 is 2.08 bits per heavy atom. The average molecular weight is 175 g/mol. The fourth-order valence-corrected chi connectivity index (χ4v) is 1.12. The van der Waals surface area contributed by atoms with Gasteiger partial charge in [-0.25, -0.2) is 4.98 Å². The van der Waals surface area contributed by atoms with Crippen molar-refractivity contribution in [2.24, 2.45) is 5.29 Å². The third-order valence-electron chi connectivity index (χ3n) is 1.74. The zero-order valence-corrected chi connectivity index (χ0v) is 6.54. The highest BCUT2D eigenvalue weighted by Crippen LogP contribution is 2.03. The first-order chi connectivity index (χ1) is 6.33. The Hall–Kier alpha value is -2.04. The van der Waals surface area contributed by atoms with Crippen molar-refractivity contribution in [1.29, 1.82) is 0 Å². The number of para-hydroxylation sites is 1. The van der Waals surface area contributed by atoms with Gasteiger partial charge < -0.3 is 0 Å². The molecule has 0 N–H and O–H groups in total. The van der Waals surface area contributed by atoms with Gasteiger partial charge in [-0.2, -0.15) is 0 Å². The quantitative estimate of drug-likeness (QED) is 0.605. The molecule has 0 unspecified atom stereocenters. The summed E-state index contributed by atoms with van der Waals surface area (Å²) in [4.78, 5) is 25.4. The van der Waals surface area contributed by atoms with Gasteiger partial charge in [0.05, 0.1) is 16.2 Å². The van der Waals surface area contributed by atoms with Crippen LogP contribution in [0.1, 0.15) is 0 Å². The van der Waals surface area contributed by atoms with Gasteiger partial charge in [0.25, 0.3) is 5.56 Å². The topological polar surface area (TPSA) is 64.3 Å². The van der Waals surface area contributed by atoms with E-state index in [0.717, 1.165) is 6.33 Å². The van der Waals surface area contributed by atoms with Gasteiger partial charge in [0.15, 0.2) is 0 Å². The molecule has 64 valence electrons. The van der Waals surface area contributed by atoms with E-state index >= 15 is 0 Å². The van der Waals surface area contributed by atoms with E-state index < -0.39 is 5.56 Å². The van der Waals surface area contributed by atoms with Gasteiger partial charge in [0.1, 0.15) is 6.33 Å². The second kappa shape index (κ2) is 2.78. The van der Waals surface area contributed by atoms with E-state index in [9.17, 15) is 9.70 Å². The number of benzene rings is 1. The summed E-state index contributed by atoms with van der Waals surface area (Å²) in [6.45, 7) is 0. The summed E-state index contributed by atoms with van der Waals surface area (Å²) in [5, 5.41) is 2.91. The van der Waals surface area contributed by atoms with Crippen molar-refractivity contribution >= 4 is 10.9 Å². The monoisotopic (exact) mass is 175 g/mol. The van der Waals surface area contributed by atoms with Crippen LogP contribution in [0.2, 0.25) is 0 Å². The fraction of sp³-hybridized carbons (Fsp3) is 0. The molecule has 0 spiro atoms. The molecule has 0 amide bonds. The Labute approximate surface area is 72.6 Å². The molecule has 2 rings (SSSR count). The first kappa shape index (κ1) is 7.60. The standard InChI is InChI=1S/C8H5N3O2/c12-8-6-3-1-2-4-7(6)9-5-11(8)10-13/h1-5H. The van der Waals surface area contributed by atoms with Gasteiger partial charge in [-0.1, -0.05) is 12.1 Å². The van der Waals surface area contributed by atoms with E-state index in [1.165, 1.54) is 0 Å². The van der Waals surface area contributed by atoms with Crippen LogP contribution >= 0.6 is 0 Å². The molecule has 13 heavy (non-hydrogen) atoms. The van der Waals surface area contributed by atoms with E-state index in [-0.39, 0.29) is 0 Å². The number of aromatic nitrogens is 2. The summed E-state index contributed by atoms with van der Waals surface area (Å²) in [7, 11) is 0. The van der Waals surface area contributed by atoms with Crippen LogP contribution in [0.25, 0.3) is 10.9 Å². The maximum absolute atomic E-state index is 11.4. The summed E-state index contributed by atoms with van der Waals surface area (Å²) in [5.74, 6) is 0. The van der Waals surface area contributed by atoms with Crippen molar-refractivity contribution in [1.82, 2.24) is 9.66 Å². The van der Waals surface area contributed by atoms with Crippen molar-refractivity contribution in [2.75, 3.05) is 0 Å². The normalized spacial score (nSPS) is 10.2. The molecule has 2 aromatic rings. The minimum absolute atomic E-state index is 0.393. The molecular weight excluding hydrogens is 170 g/mol. The Morgan fingerprint density at radius 3 is 2.85 bits per heavy atom.